The molecule has 0 bridgehead atoms. The Kier molecular flexibility index (Phi) is 5.90. The first kappa shape index (κ1) is 22.9. The molecule has 0 radical (unpaired) electrons. The lowest BCUT2D eigenvalue weighted by atomic mass is 9.92. The van der Waals surface area contributed by atoms with Crippen LogP contribution >= 0.6 is 23.5 Å². The van der Waals surface area contributed by atoms with Crippen molar-refractivity contribution in [2.45, 2.75) is 43.2 Å². The number of aliphatic hydroxyl groups excluding tert-OH is 1. The first-order chi connectivity index (χ1) is 16.2. The van der Waals surface area contributed by atoms with Gasteiger partial charge >= 0.3 is 5.97 Å². The van der Waals surface area contributed by atoms with Gasteiger partial charge in [-0.2, -0.15) is 0 Å². The van der Waals surface area contributed by atoms with E-state index in [0.717, 1.165) is 17.2 Å². The van der Waals surface area contributed by atoms with E-state index in [9.17, 15) is 24.8 Å². The summed E-state index contributed by atoms with van der Waals surface area (Å²) < 4.78 is 10.5. The summed E-state index contributed by atoms with van der Waals surface area (Å²) in [5.74, 6) is -0.258. The molecular weight excluding hydrogens is 480 g/mol. The average molecular weight is 504 g/mol. The Morgan fingerprint density at radius 3 is 2.79 bits per heavy atom. The van der Waals surface area contributed by atoms with Crippen molar-refractivity contribution in [3.63, 3.8) is 0 Å². The highest BCUT2D eigenvalue weighted by molar-refractivity contribution is 8.23. The molecule has 10 nitrogen and oxygen atoms in total. The van der Waals surface area contributed by atoms with Crippen LogP contribution < -0.4 is 4.57 Å². The summed E-state index contributed by atoms with van der Waals surface area (Å²) in [6, 6.07) is 5.78. The maximum Gasteiger partial charge on any atom is 0.357 e. The van der Waals surface area contributed by atoms with E-state index in [0.29, 0.717) is 5.56 Å². The summed E-state index contributed by atoms with van der Waals surface area (Å²) in [6.07, 6.45) is 4.07. The molecule has 5 rings (SSSR count). The molecule has 34 heavy (non-hydrogen) atoms. The quantitative estimate of drug-likeness (QED) is 0.199. The number of rotatable bonds is 7. The predicted molar refractivity (Wildman–Crippen MR) is 124 cm³/mol. The van der Waals surface area contributed by atoms with Gasteiger partial charge in [0.1, 0.15) is 30.9 Å². The number of nitro benzene ring substituents is 1. The number of amides is 1. The van der Waals surface area contributed by atoms with Gasteiger partial charge in [-0.15, -0.1) is 11.8 Å². The van der Waals surface area contributed by atoms with Crippen LogP contribution in [0.25, 0.3) is 0 Å². The minimum Gasteiger partial charge on any atom is -0.456 e. The molecule has 1 N–H and O–H groups in total. The van der Waals surface area contributed by atoms with Gasteiger partial charge in [0.2, 0.25) is 5.91 Å². The minimum atomic E-state index is -0.811. The van der Waals surface area contributed by atoms with Crippen LogP contribution in [0.3, 0.4) is 0 Å². The highest BCUT2D eigenvalue weighted by atomic mass is 32.2. The summed E-state index contributed by atoms with van der Waals surface area (Å²) in [6.45, 7) is 2.32. The summed E-state index contributed by atoms with van der Waals surface area (Å²) >= 11 is 3.00. The molecule has 1 aromatic carbocycles. The number of thioether (sulfide) groups is 2. The molecule has 1 saturated heterocycles. The maximum absolute atomic E-state index is 13.1. The smallest absolute Gasteiger partial charge is 0.357 e. The van der Waals surface area contributed by atoms with Gasteiger partial charge in [-0.1, -0.05) is 11.8 Å². The number of hydrogen-bond donors (Lipinski definition) is 1. The zero-order valence-corrected chi connectivity index (χ0v) is 20.1. The Morgan fingerprint density at radius 1 is 1.41 bits per heavy atom. The Hall–Kier alpha value is -2.83. The fourth-order valence-electron chi connectivity index (χ4n) is 4.46. The van der Waals surface area contributed by atoms with E-state index in [1.807, 2.05) is 19.4 Å². The molecule has 2 aromatic rings. The zero-order valence-electron chi connectivity index (χ0n) is 18.5. The summed E-state index contributed by atoms with van der Waals surface area (Å²) in [7, 11) is 2.00. The molecule has 0 spiro atoms. The number of nitrogens with zero attached hydrogens (tertiary/aromatic N) is 4. The number of nitro groups is 1. The number of hydrogen-bond acceptors (Lipinski definition) is 8. The van der Waals surface area contributed by atoms with Crippen molar-refractivity contribution in [1.29, 1.82) is 0 Å². The molecule has 0 aliphatic carbocycles. The number of non-ortho nitro benzene ring substituents is 1. The first-order valence-corrected chi connectivity index (χ1v) is 12.5. The van der Waals surface area contributed by atoms with Crippen molar-refractivity contribution in [2.75, 3.05) is 0 Å². The SMILES string of the molecule is C[C@@H](O)[C@H]1C(=O)N2C(C(=O)OCc3ccc([N+](=O)[O-])cc3)=C(SC3Cc4n(cc[n+]4C)C3)S[C@H]12. The molecule has 1 fully saturated rings. The van der Waals surface area contributed by atoms with Crippen LogP contribution in [0.4, 0.5) is 5.69 Å². The van der Waals surface area contributed by atoms with E-state index in [1.165, 1.54) is 46.8 Å². The topological polar surface area (TPSA) is 119 Å². The van der Waals surface area contributed by atoms with Gasteiger partial charge < -0.3 is 9.84 Å². The van der Waals surface area contributed by atoms with Crippen LogP contribution in [0.2, 0.25) is 0 Å². The lowest BCUT2D eigenvalue weighted by molar-refractivity contribution is -0.678. The third kappa shape index (κ3) is 3.89. The molecule has 178 valence electrons. The number of imidazole rings is 1. The van der Waals surface area contributed by atoms with E-state index >= 15 is 0 Å². The van der Waals surface area contributed by atoms with Gasteiger partial charge in [0.25, 0.3) is 11.5 Å². The molecule has 0 saturated carbocycles. The number of ether oxygens (including phenoxy) is 1. The second kappa shape index (κ2) is 8.75. The maximum atomic E-state index is 13.1. The van der Waals surface area contributed by atoms with E-state index in [2.05, 4.69) is 9.13 Å². The predicted octanol–water partition coefficient (Wildman–Crippen LogP) is 1.70. The van der Waals surface area contributed by atoms with Crippen molar-refractivity contribution >= 4 is 41.1 Å². The van der Waals surface area contributed by atoms with E-state index in [1.54, 1.807) is 18.7 Å². The fraction of sp³-hybridized carbons (Fsp3) is 0.409. The molecule has 1 unspecified atom stereocenters. The fourth-order valence-corrected chi connectivity index (χ4v) is 7.76. The summed E-state index contributed by atoms with van der Waals surface area (Å²) in [5, 5.41) is 20.8. The Balaban J connectivity index is 1.33. The van der Waals surface area contributed by atoms with Gasteiger partial charge in [-0.3, -0.25) is 19.8 Å². The van der Waals surface area contributed by atoms with Gasteiger partial charge in [0.15, 0.2) is 5.70 Å². The van der Waals surface area contributed by atoms with Gasteiger partial charge in [-0.25, -0.2) is 13.9 Å². The second-order valence-corrected chi connectivity index (χ2v) is 11.2. The first-order valence-electron chi connectivity index (χ1n) is 10.8. The molecule has 1 amide bonds. The molecule has 3 aliphatic rings. The Bertz CT molecular complexity index is 1210. The largest absolute Gasteiger partial charge is 0.456 e. The van der Waals surface area contributed by atoms with E-state index < -0.39 is 22.9 Å². The van der Waals surface area contributed by atoms with Crippen LogP contribution in [-0.2, 0) is 40.9 Å². The number of carbonyl (C=O) groups is 2. The Morgan fingerprint density at radius 2 is 2.15 bits per heavy atom. The number of aryl methyl sites for hydroxylation is 1. The number of carbonyl (C=O) groups excluding carboxylic acids is 2. The van der Waals surface area contributed by atoms with Crippen LogP contribution in [0.5, 0.6) is 0 Å². The lowest BCUT2D eigenvalue weighted by Crippen LogP contribution is -2.60. The third-order valence-corrected chi connectivity index (χ3v) is 9.06. The Labute approximate surface area is 203 Å². The lowest BCUT2D eigenvalue weighted by Gasteiger charge is -2.43. The van der Waals surface area contributed by atoms with Crippen molar-refractivity contribution in [3.8, 4) is 0 Å². The van der Waals surface area contributed by atoms with Crippen LogP contribution in [0, 0.1) is 16.0 Å². The van der Waals surface area contributed by atoms with Crippen LogP contribution in [0.1, 0.15) is 18.3 Å². The number of aliphatic hydroxyl groups is 1. The number of esters is 1. The zero-order chi connectivity index (χ0) is 24.1. The molecule has 1 aromatic heterocycles. The van der Waals surface area contributed by atoms with Crippen LogP contribution in [-0.4, -0.2) is 48.1 Å². The number of β-lactam (4-membered cyclic amide) rings is 1. The number of fused-ring (bicyclic) bond motifs is 2. The van der Waals surface area contributed by atoms with Gasteiger partial charge in [0, 0.05) is 12.1 Å². The highest BCUT2D eigenvalue weighted by Crippen LogP contribution is 2.55. The van der Waals surface area contributed by atoms with Crippen molar-refractivity contribution in [2.24, 2.45) is 13.0 Å². The normalized spacial score (nSPS) is 24.0. The molecule has 3 aliphatic heterocycles. The molecule has 4 atom stereocenters. The summed E-state index contributed by atoms with van der Waals surface area (Å²) in [5.41, 5.74) is 0.789. The summed E-state index contributed by atoms with van der Waals surface area (Å²) in [4.78, 5) is 37.7. The minimum absolute atomic E-state index is 0.0442. The molecular formula is C22H23N4O6S2+. The molecule has 4 heterocycles. The van der Waals surface area contributed by atoms with Crippen molar-refractivity contribution < 1.29 is 28.9 Å². The molecule has 12 heteroatoms. The van der Waals surface area contributed by atoms with E-state index in [4.69, 9.17) is 4.74 Å². The van der Waals surface area contributed by atoms with Gasteiger partial charge in [0.05, 0.1) is 39.9 Å². The third-order valence-electron chi connectivity index (χ3n) is 6.27. The van der Waals surface area contributed by atoms with Crippen molar-refractivity contribution in [3.05, 3.63) is 68.1 Å². The van der Waals surface area contributed by atoms with E-state index in [-0.39, 0.29) is 34.5 Å². The highest BCUT2D eigenvalue weighted by Gasteiger charge is 2.58. The number of aromatic nitrogens is 2. The van der Waals surface area contributed by atoms with Crippen LogP contribution in [0.15, 0.2) is 46.6 Å². The standard InChI is InChI=1S/C22H23N4O6S2/c1-12(27)17-19(28)25-18(21(29)32-11-13-3-5-14(6-4-13)26(30)31)22(34-20(17)25)33-15-9-16-23(2)7-8-24(16)10-15/h3-8,12,15,17,20,27H,9-11H2,1-2H3/q+1/t12-,15?,17+,20-/m1/s1. The number of benzene rings is 1. The average Bonchev–Trinajstić information content (AvgIpc) is 3.45. The second-order valence-electron chi connectivity index (χ2n) is 8.54. The van der Waals surface area contributed by atoms with Crippen molar-refractivity contribution in [1.82, 2.24) is 9.47 Å². The van der Waals surface area contributed by atoms with Gasteiger partial charge in [-0.05, 0) is 24.6 Å². The monoisotopic (exact) mass is 503 g/mol.